The molecule has 1 aromatic rings. The van der Waals surface area contributed by atoms with E-state index >= 15 is 0 Å². The second kappa shape index (κ2) is 5.76. The Morgan fingerprint density at radius 3 is 3.06 bits per heavy atom. The smallest absolute Gasteiger partial charge is 0.270 e. The summed E-state index contributed by atoms with van der Waals surface area (Å²) in [6, 6.07) is 1.78. The number of aliphatic hydroxyl groups is 1. The highest BCUT2D eigenvalue weighted by Crippen LogP contribution is 2.23. The lowest BCUT2D eigenvalue weighted by Crippen LogP contribution is -2.45. The van der Waals surface area contributed by atoms with E-state index in [0.29, 0.717) is 17.1 Å². The molecule has 100 valence electrons. The minimum atomic E-state index is -0.379. The molecule has 0 aliphatic carbocycles. The fraction of sp³-hybridized carbons (Fsp3) is 0.615. The van der Waals surface area contributed by atoms with Crippen molar-refractivity contribution >= 4 is 17.5 Å². The van der Waals surface area contributed by atoms with E-state index in [-0.39, 0.29) is 18.1 Å². The van der Waals surface area contributed by atoms with Crippen LogP contribution in [0.1, 0.15) is 43.1 Å². The summed E-state index contributed by atoms with van der Waals surface area (Å²) < 4.78 is 0. The van der Waals surface area contributed by atoms with E-state index in [1.807, 2.05) is 4.90 Å². The number of aliphatic hydroxyl groups excluding tert-OH is 1. The molecule has 0 radical (unpaired) electrons. The number of carbonyl (C=O) groups is 1. The second-order valence-electron chi connectivity index (χ2n) is 4.96. The molecule has 1 aliphatic heterocycles. The highest BCUT2D eigenvalue weighted by molar-refractivity contribution is 6.30. The van der Waals surface area contributed by atoms with Gasteiger partial charge in [-0.1, -0.05) is 11.6 Å². The van der Waals surface area contributed by atoms with Crippen molar-refractivity contribution in [1.29, 1.82) is 0 Å². The molecule has 18 heavy (non-hydrogen) atoms. The first-order valence-electron chi connectivity index (χ1n) is 6.41. The van der Waals surface area contributed by atoms with Gasteiger partial charge < -0.3 is 15.0 Å². The average Bonchev–Trinajstić information content (AvgIpc) is 2.75. The molecule has 2 heterocycles. The lowest BCUT2D eigenvalue weighted by molar-refractivity contribution is 0.0510. The number of hydrogen-bond acceptors (Lipinski definition) is 2. The maximum absolute atomic E-state index is 12.4. The summed E-state index contributed by atoms with van der Waals surface area (Å²) in [5.74, 6) is -0.0211. The van der Waals surface area contributed by atoms with Gasteiger partial charge in [-0.3, -0.25) is 4.79 Å². The molecule has 0 saturated carbocycles. The van der Waals surface area contributed by atoms with Crippen LogP contribution in [0.5, 0.6) is 0 Å². The predicted molar refractivity (Wildman–Crippen MR) is 70.8 cm³/mol. The van der Waals surface area contributed by atoms with E-state index in [9.17, 15) is 9.90 Å². The molecule has 0 spiro atoms. The maximum atomic E-state index is 12.4. The molecule has 1 aromatic heterocycles. The number of amides is 1. The van der Waals surface area contributed by atoms with Crippen LogP contribution in [-0.4, -0.2) is 39.6 Å². The van der Waals surface area contributed by atoms with Gasteiger partial charge in [-0.2, -0.15) is 0 Å². The van der Waals surface area contributed by atoms with Crippen molar-refractivity contribution in [3.05, 3.63) is 23.0 Å². The number of rotatable bonds is 3. The minimum absolute atomic E-state index is 0.0211. The van der Waals surface area contributed by atoms with Crippen molar-refractivity contribution in [1.82, 2.24) is 9.88 Å². The number of carbonyl (C=O) groups excluding carboxylic acids is 1. The SMILES string of the molecule is C[C@@H](O)C[C@@H]1CCCCN1C(=O)c1cc(Cl)c[nH]1. The number of aromatic nitrogens is 1. The van der Waals surface area contributed by atoms with E-state index in [4.69, 9.17) is 11.6 Å². The normalized spacial score (nSPS) is 21.9. The topological polar surface area (TPSA) is 56.3 Å². The number of H-pyrrole nitrogens is 1. The standard InChI is InChI=1S/C13H19ClN2O2/c1-9(17)6-11-4-2-3-5-16(11)13(18)12-7-10(14)8-15-12/h7-9,11,15,17H,2-6H2,1H3/t9-,11+/m1/s1. The summed E-state index contributed by atoms with van der Waals surface area (Å²) in [5, 5.41) is 10.1. The molecule has 2 atom stereocenters. The summed E-state index contributed by atoms with van der Waals surface area (Å²) in [6.45, 7) is 2.52. The van der Waals surface area contributed by atoms with Crippen molar-refractivity contribution in [3.63, 3.8) is 0 Å². The Morgan fingerprint density at radius 1 is 1.67 bits per heavy atom. The van der Waals surface area contributed by atoms with Crippen LogP contribution in [0.15, 0.2) is 12.3 Å². The van der Waals surface area contributed by atoms with Gasteiger partial charge in [0.1, 0.15) is 5.69 Å². The van der Waals surface area contributed by atoms with E-state index in [1.165, 1.54) is 0 Å². The Balaban J connectivity index is 2.10. The van der Waals surface area contributed by atoms with Crippen molar-refractivity contribution in [2.24, 2.45) is 0 Å². The second-order valence-corrected chi connectivity index (χ2v) is 5.40. The number of likely N-dealkylation sites (tertiary alicyclic amines) is 1. The zero-order valence-corrected chi connectivity index (χ0v) is 11.3. The highest BCUT2D eigenvalue weighted by Gasteiger charge is 2.28. The summed E-state index contributed by atoms with van der Waals surface area (Å²) in [5.41, 5.74) is 0.525. The molecule has 0 bridgehead atoms. The van der Waals surface area contributed by atoms with Crippen molar-refractivity contribution in [2.75, 3.05) is 6.54 Å². The fourth-order valence-corrected chi connectivity index (χ4v) is 2.72. The number of aromatic amines is 1. The summed E-state index contributed by atoms with van der Waals surface area (Å²) >= 11 is 5.82. The molecule has 0 unspecified atom stereocenters. The Labute approximate surface area is 112 Å². The number of nitrogens with zero attached hydrogens (tertiary/aromatic N) is 1. The van der Waals surface area contributed by atoms with Crippen LogP contribution in [0, 0.1) is 0 Å². The van der Waals surface area contributed by atoms with Gasteiger partial charge in [0, 0.05) is 18.8 Å². The van der Waals surface area contributed by atoms with Crippen molar-refractivity contribution in [3.8, 4) is 0 Å². The Morgan fingerprint density at radius 2 is 2.44 bits per heavy atom. The van der Waals surface area contributed by atoms with Crippen molar-refractivity contribution < 1.29 is 9.90 Å². The van der Waals surface area contributed by atoms with E-state index < -0.39 is 0 Å². The molecule has 2 N–H and O–H groups in total. The summed E-state index contributed by atoms with van der Waals surface area (Å²) in [4.78, 5) is 17.1. The van der Waals surface area contributed by atoms with Gasteiger partial charge >= 0.3 is 0 Å². The first kappa shape index (κ1) is 13.4. The van der Waals surface area contributed by atoms with Gasteiger partial charge in [0.05, 0.1) is 11.1 Å². The summed E-state index contributed by atoms with van der Waals surface area (Å²) in [6.07, 6.45) is 4.98. The van der Waals surface area contributed by atoms with Crippen LogP contribution in [0.3, 0.4) is 0 Å². The third-order valence-corrected chi connectivity index (χ3v) is 3.60. The zero-order chi connectivity index (χ0) is 13.1. The minimum Gasteiger partial charge on any atom is -0.393 e. The number of halogens is 1. The first-order valence-corrected chi connectivity index (χ1v) is 6.78. The molecule has 1 saturated heterocycles. The number of nitrogens with one attached hydrogen (secondary N) is 1. The van der Waals surface area contributed by atoms with E-state index in [2.05, 4.69) is 4.98 Å². The van der Waals surface area contributed by atoms with Gasteiger partial charge in [0.2, 0.25) is 0 Å². The van der Waals surface area contributed by atoms with E-state index in [0.717, 1.165) is 25.8 Å². The summed E-state index contributed by atoms with van der Waals surface area (Å²) in [7, 11) is 0. The van der Waals surface area contributed by atoms with Gasteiger partial charge in [-0.25, -0.2) is 0 Å². The lowest BCUT2D eigenvalue weighted by atomic mass is 9.97. The molecule has 1 amide bonds. The van der Waals surface area contributed by atoms with Crippen LogP contribution in [0.25, 0.3) is 0 Å². The van der Waals surface area contributed by atoms with Gasteiger partial charge in [-0.05, 0) is 38.7 Å². The predicted octanol–water partition coefficient (Wildman–Crippen LogP) is 2.43. The molecular weight excluding hydrogens is 252 g/mol. The zero-order valence-electron chi connectivity index (χ0n) is 10.5. The maximum Gasteiger partial charge on any atom is 0.270 e. The molecular formula is C13H19ClN2O2. The van der Waals surface area contributed by atoms with Gasteiger partial charge in [-0.15, -0.1) is 0 Å². The Hall–Kier alpha value is -1.00. The third kappa shape index (κ3) is 3.06. The molecule has 2 rings (SSSR count). The monoisotopic (exact) mass is 270 g/mol. The quantitative estimate of drug-likeness (QED) is 0.886. The number of piperidine rings is 1. The first-order chi connectivity index (χ1) is 8.58. The number of hydrogen-bond donors (Lipinski definition) is 2. The molecule has 1 fully saturated rings. The van der Waals surface area contributed by atoms with Crippen LogP contribution in [-0.2, 0) is 0 Å². The van der Waals surface area contributed by atoms with Crippen LogP contribution in [0.2, 0.25) is 5.02 Å². The fourth-order valence-electron chi connectivity index (χ4n) is 2.55. The molecule has 4 nitrogen and oxygen atoms in total. The molecule has 5 heteroatoms. The lowest BCUT2D eigenvalue weighted by Gasteiger charge is -2.36. The Bertz CT molecular complexity index is 417. The van der Waals surface area contributed by atoms with Crippen LogP contribution in [0.4, 0.5) is 0 Å². The molecule has 0 aromatic carbocycles. The highest BCUT2D eigenvalue weighted by atomic mass is 35.5. The third-order valence-electron chi connectivity index (χ3n) is 3.38. The average molecular weight is 271 g/mol. The van der Waals surface area contributed by atoms with Crippen LogP contribution >= 0.6 is 11.6 Å². The molecule has 1 aliphatic rings. The largest absolute Gasteiger partial charge is 0.393 e. The van der Waals surface area contributed by atoms with Crippen LogP contribution < -0.4 is 0 Å². The van der Waals surface area contributed by atoms with Gasteiger partial charge in [0.15, 0.2) is 0 Å². The van der Waals surface area contributed by atoms with E-state index in [1.54, 1.807) is 19.2 Å². The van der Waals surface area contributed by atoms with Crippen molar-refractivity contribution in [2.45, 2.75) is 44.8 Å². The Kier molecular flexibility index (Phi) is 4.30. The van der Waals surface area contributed by atoms with Gasteiger partial charge in [0.25, 0.3) is 5.91 Å².